The topological polar surface area (TPSA) is 105 Å². The Kier molecular flexibility index (Phi) is 9.10. The highest BCUT2D eigenvalue weighted by Crippen LogP contribution is 2.14. The van der Waals surface area contributed by atoms with Gasteiger partial charge in [0.15, 0.2) is 0 Å². The van der Waals surface area contributed by atoms with E-state index in [9.17, 15) is 9.59 Å². The number of carbonyl (C=O) groups excluding carboxylic acids is 2. The van der Waals surface area contributed by atoms with E-state index in [2.05, 4.69) is 16.0 Å². The minimum atomic E-state index is -0.648. The Labute approximate surface area is 123 Å². The minimum absolute atomic E-state index is 0. The summed E-state index contributed by atoms with van der Waals surface area (Å²) in [5, 5.41) is 8.06. The fraction of sp³-hybridized carbons (Fsp3) is 0.333. The zero-order chi connectivity index (χ0) is 14.1. The van der Waals surface area contributed by atoms with Crippen LogP contribution in [0, 0.1) is 0 Å². The molecule has 0 bridgehead atoms. The van der Waals surface area contributed by atoms with Crippen LogP contribution in [-0.4, -0.2) is 38.7 Å². The molecular formula is C12H19ClN4O3. The first-order valence-electron chi connectivity index (χ1n) is 5.78. The summed E-state index contributed by atoms with van der Waals surface area (Å²) < 4.78 is 4.85. The average molecular weight is 303 g/mol. The zero-order valence-corrected chi connectivity index (χ0v) is 12.0. The molecule has 5 N–H and O–H groups in total. The minimum Gasteiger partial charge on any atom is -0.383 e. The predicted octanol–water partition coefficient (Wildman–Crippen LogP) is 0.773. The second kappa shape index (κ2) is 10.0. The van der Waals surface area contributed by atoms with Crippen LogP contribution in [-0.2, 0) is 9.53 Å². The van der Waals surface area contributed by atoms with E-state index in [0.717, 1.165) is 0 Å². The van der Waals surface area contributed by atoms with Crippen molar-refractivity contribution in [1.82, 2.24) is 5.32 Å². The van der Waals surface area contributed by atoms with Gasteiger partial charge in [-0.2, -0.15) is 0 Å². The Morgan fingerprint density at radius 1 is 1.25 bits per heavy atom. The molecule has 0 heterocycles. The smallest absolute Gasteiger partial charge is 0.316 e. The molecular weight excluding hydrogens is 284 g/mol. The summed E-state index contributed by atoms with van der Waals surface area (Å²) >= 11 is 0. The van der Waals surface area contributed by atoms with Crippen LogP contribution in [0.25, 0.3) is 0 Å². The van der Waals surface area contributed by atoms with Crippen molar-refractivity contribution < 1.29 is 14.3 Å². The van der Waals surface area contributed by atoms with Gasteiger partial charge in [-0.05, 0) is 18.2 Å². The summed E-state index contributed by atoms with van der Waals surface area (Å²) in [6.45, 7) is 1.34. The summed E-state index contributed by atoms with van der Waals surface area (Å²) in [6, 6.07) is 6.08. The predicted molar refractivity (Wildman–Crippen MR) is 80.3 cm³/mol. The van der Waals surface area contributed by atoms with Crippen LogP contribution in [0.1, 0.15) is 0 Å². The molecule has 0 spiro atoms. The maximum atomic E-state index is 11.6. The number of nitrogens with two attached hydrogens (primary N) is 1. The van der Waals surface area contributed by atoms with Gasteiger partial charge in [0.05, 0.1) is 13.2 Å². The van der Waals surface area contributed by atoms with Crippen molar-refractivity contribution in [3.05, 3.63) is 24.3 Å². The van der Waals surface area contributed by atoms with Gasteiger partial charge in [-0.15, -0.1) is 12.4 Å². The number of nitrogens with one attached hydrogen (secondary N) is 3. The Balaban J connectivity index is 0.00000361. The van der Waals surface area contributed by atoms with Gasteiger partial charge < -0.3 is 26.4 Å². The number of methoxy groups -OCH3 is 1. The van der Waals surface area contributed by atoms with Crippen LogP contribution in [0.2, 0.25) is 0 Å². The van der Waals surface area contributed by atoms with Gasteiger partial charge in [-0.1, -0.05) is 6.07 Å². The Morgan fingerprint density at radius 3 is 2.50 bits per heavy atom. The van der Waals surface area contributed by atoms with Crippen molar-refractivity contribution >= 4 is 35.7 Å². The third-order valence-corrected chi connectivity index (χ3v) is 2.18. The quantitative estimate of drug-likeness (QED) is 0.558. The molecule has 0 saturated heterocycles. The van der Waals surface area contributed by atoms with Gasteiger partial charge in [0.2, 0.25) is 5.91 Å². The van der Waals surface area contributed by atoms with Crippen LogP contribution in [0.5, 0.6) is 0 Å². The van der Waals surface area contributed by atoms with E-state index in [1.54, 1.807) is 31.4 Å². The molecule has 1 rings (SSSR count). The largest absolute Gasteiger partial charge is 0.383 e. The molecule has 0 radical (unpaired) electrons. The van der Waals surface area contributed by atoms with Crippen molar-refractivity contribution in [3.63, 3.8) is 0 Å². The number of hydrogen-bond donors (Lipinski definition) is 4. The molecule has 0 aliphatic carbocycles. The zero-order valence-electron chi connectivity index (χ0n) is 11.1. The van der Waals surface area contributed by atoms with E-state index in [1.807, 2.05) is 0 Å². The van der Waals surface area contributed by atoms with Crippen LogP contribution >= 0.6 is 12.4 Å². The van der Waals surface area contributed by atoms with E-state index in [1.165, 1.54) is 0 Å². The van der Waals surface area contributed by atoms with Crippen molar-refractivity contribution in [3.8, 4) is 0 Å². The molecule has 0 aliphatic heterocycles. The van der Waals surface area contributed by atoms with Gasteiger partial charge in [0, 0.05) is 25.0 Å². The highest BCUT2D eigenvalue weighted by Gasteiger charge is 2.03. The molecule has 8 heteroatoms. The van der Waals surface area contributed by atoms with E-state index in [-0.39, 0.29) is 24.9 Å². The van der Waals surface area contributed by atoms with E-state index in [4.69, 9.17) is 10.5 Å². The lowest BCUT2D eigenvalue weighted by Crippen LogP contribution is -2.30. The summed E-state index contributed by atoms with van der Waals surface area (Å²) in [4.78, 5) is 22.3. The average Bonchev–Trinajstić information content (AvgIpc) is 2.34. The van der Waals surface area contributed by atoms with Gasteiger partial charge in [0.1, 0.15) is 0 Å². The first kappa shape index (κ1) is 18.2. The number of halogens is 1. The molecule has 0 unspecified atom stereocenters. The van der Waals surface area contributed by atoms with Gasteiger partial charge >= 0.3 is 6.03 Å². The summed E-state index contributed by atoms with van der Waals surface area (Å²) in [5.41, 5.74) is 6.12. The number of rotatable bonds is 7. The Hall–Kier alpha value is -1.83. The monoisotopic (exact) mass is 302 g/mol. The molecule has 20 heavy (non-hydrogen) atoms. The lowest BCUT2D eigenvalue weighted by atomic mass is 10.2. The number of ether oxygens (including phenoxy) is 1. The van der Waals surface area contributed by atoms with E-state index < -0.39 is 6.03 Å². The van der Waals surface area contributed by atoms with Crippen LogP contribution in [0.4, 0.5) is 16.2 Å². The number of urea groups is 1. The highest BCUT2D eigenvalue weighted by atomic mass is 35.5. The Morgan fingerprint density at radius 2 is 1.90 bits per heavy atom. The number of carbonyl (C=O) groups is 2. The van der Waals surface area contributed by atoms with Gasteiger partial charge in [-0.3, -0.25) is 4.79 Å². The van der Waals surface area contributed by atoms with Crippen molar-refractivity contribution in [2.45, 2.75) is 0 Å². The number of benzene rings is 1. The van der Waals surface area contributed by atoms with Gasteiger partial charge in [0.25, 0.3) is 0 Å². The highest BCUT2D eigenvalue weighted by molar-refractivity contribution is 5.94. The van der Waals surface area contributed by atoms with Crippen molar-refractivity contribution in [2.24, 2.45) is 5.73 Å². The molecule has 0 saturated carbocycles. The SMILES string of the molecule is COCCNCC(=O)Nc1cccc(NC(N)=O)c1.Cl. The molecule has 1 aromatic rings. The standard InChI is InChI=1S/C12H18N4O3.ClH/c1-19-6-5-14-8-11(17)15-9-3-2-4-10(7-9)16-12(13)18;/h2-4,7,14H,5-6,8H2,1H3,(H,15,17)(H3,13,16,18);1H. The fourth-order valence-corrected chi connectivity index (χ4v) is 1.40. The summed E-state index contributed by atoms with van der Waals surface area (Å²) in [6.07, 6.45) is 0. The van der Waals surface area contributed by atoms with Crippen molar-refractivity contribution in [2.75, 3.05) is 37.4 Å². The van der Waals surface area contributed by atoms with Gasteiger partial charge in [-0.25, -0.2) is 4.79 Å². The molecule has 7 nitrogen and oxygen atoms in total. The summed E-state index contributed by atoms with van der Waals surface area (Å²) in [7, 11) is 1.60. The molecule has 0 aliphatic rings. The lowest BCUT2D eigenvalue weighted by Gasteiger charge is -2.08. The lowest BCUT2D eigenvalue weighted by molar-refractivity contribution is -0.115. The normalized spacial score (nSPS) is 9.45. The third-order valence-electron chi connectivity index (χ3n) is 2.18. The first-order valence-corrected chi connectivity index (χ1v) is 5.78. The molecule has 3 amide bonds. The molecule has 1 aromatic carbocycles. The molecule has 0 atom stereocenters. The second-order valence-corrected chi connectivity index (χ2v) is 3.79. The fourth-order valence-electron chi connectivity index (χ4n) is 1.40. The molecule has 0 aromatic heterocycles. The van der Waals surface area contributed by atoms with E-state index >= 15 is 0 Å². The Bertz CT molecular complexity index is 442. The van der Waals surface area contributed by atoms with Crippen LogP contribution in [0.3, 0.4) is 0 Å². The first-order chi connectivity index (χ1) is 9.11. The van der Waals surface area contributed by atoms with Crippen LogP contribution in [0.15, 0.2) is 24.3 Å². The number of amides is 3. The summed E-state index contributed by atoms with van der Waals surface area (Å²) in [5.74, 6) is -0.174. The van der Waals surface area contributed by atoms with Crippen LogP contribution < -0.4 is 21.7 Å². The molecule has 112 valence electrons. The molecule has 0 fully saturated rings. The van der Waals surface area contributed by atoms with E-state index in [0.29, 0.717) is 24.5 Å². The maximum absolute atomic E-state index is 11.6. The third kappa shape index (κ3) is 7.57. The number of anilines is 2. The van der Waals surface area contributed by atoms with Crippen molar-refractivity contribution in [1.29, 1.82) is 0 Å². The maximum Gasteiger partial charge on any atom is 0.316 e. The number of hydrogen-bond acceptors (Lipinski definition) is 4. The number of primary amides is 1. The second-order valence-electron chi connectivity index (χ2n) is 3.79.